The molecule has 0 spiro atoms. The SMILES string of the molecule is Cc1ccccc1C1NC(=O)c2cccc(NC(=O)c3cc(F)cc4c(C(=O)C(F)(F)F)c[nH]c34)c21. The molecule has 1 aliphatic rings. The Morgan fingerprint density at radius 3 is 2.47 bits per heavy atom. The molecular weight excluding hydrogens is 478 g/mol. The number of ketones is 1. The number of hydrogen-bond acceptors (Lipinski definition) is 3. The molecule has 2 amide bonds. The lowest BCUT2D eigenvalue weighted by molar-refractivity contribution is -0.0884. The highest BCUT2D eigenvalue weighted by molar-refractivity contribution is 6.17. The van der Waals surface area contributed by atoms with Crippen LogP contribution in [0.4, 0.5) is 23.2 Å². The van der Waals surface area contributed by atoms with Gasteiger partial charge in [-0.2, -0.15) is 13.2 Å². The lowest BCUT2D eigenvalue weighted by Gasteiger charge is -2.18. The van der Waals surface area contributed by atoms with Crippen molar-refractivity contribution in [2.24, 2.45) is 0 Å². The maximum absolute atomic E-state index is 14.4. The Morgan fingerprint density at radius 2 is 1.75 bits per heavy atom. The summed E-state index contributed by atoms with van der Waals surface area (Å²) in [7, 11) is 0. The molecule has 0 fully saturated rings. The second-order valence-electron chi connectivity index (χ2n) is 8.39. The van der Waals surface area contributed by atoms with Crippen molar-refractivity contribution in [2.45, 2.75) is 19.1 Å². The number of anilines is 1. The van der Waals surface area contributed by atoms with Crippen LogP contribution in [0.15, 0.2) is 60.8 Å². The summed E-state index contributed by atoms with van der Waals surface area (Å²) in [4.78, 5) is 40.1. The van der Waals surface area contributed by atoms with E-state index in [2.05, 4.69) is 15.6 Å². The molecule has 0 radical (unpaired) electrons. The second kappa shape index (κ2) is 8.33. The van der Waals surface area contributed by atoms with Crippen LogP contribution in [0, 0.1) is 12.7 Å². The topological polar surface area (TPSA) is 91.1 Å². The zero-order valence-corrected chi connectivity index (χ0v) is 18.6. The van der Waals surface area contributed by atoms with Crippen LogP contribution in [0.3, 0.4) is 0 Å². The predicted molar refractivity (Wildman–Crippen MR) is 124 cm³/mol. The van der Waals surface area contributed by atoms with E-state index in [0.29, 0.717) is 11.1 Å². The van der Waals surface area contributed by atoms with Crippen LogP contribution < -0.4 is 10.6 Å². The highest BCUT2D eigenvalue weighted by Gasteiger charge is 2.41. The fourth-order valence-corrected chi connectivity index (χ4v) is 4.51. The number of aromatic nitrogens is 1. The number of aryl methyl sites for hydroxylation is 1. The molecule has 5 rings (SSSR count). The van der Waals surface area contributed by atoms with Gasteiger partial charge in [0, 0.05) is 28.4 Å². The van der Waals surface area contributed by atoms with E-state index in [1.54, 1.807) is 18.2 Å². The molecular formula is C26H17F4N3O3. The van der Waals surface area contributed by atoms with Gasteiger partial charge in [-0.15, -0.1) is 0 Å². The zero-order valence-electron chi connectivity index (χ0n) is 18.6. The molecule has 0 saturated carbocycles. The van der Waals surface area contributed by atoms with Crippen molar-refractivity contribution < 1.29 is 31.9 Å². The molecule has 1 unspecified atom stereocenters. The van der Waals surface area contributed by atoms with Gasteiger partial charge in [-0.05, 0) is 42.3 Å². The molecule has 0 bridgehead atoms. The molecule has 6 nitrogen and oxygen atoms in total. The van der Waals surface area contributed by atoms with Gasteiger partial charge in [0.2, 0.25) is 0 Å². The number of benzene rings is 3. The number of carbonyl (C=O) groups is 3. The van der Waals surface area contributed by atoms with E-state index >= 15 is 0 Å². The van der Waals surface area contributed by atoms with Gasteiger partial charge in [0.05, 0.1) is 22.7 Å². The van der Waals surface area contributed by atoms with Crippen molar-refractivity contribution in [3.63, 3.8) is 0 Å². The molecule has 3 N–H and O–H groups in total. The average molecular weight is 495 g/mol. The fraction of sp³-hybridized carbons (Fsp3) is 0.115. The summed E-state index contributed by atoms with van der Waals surface area (Å²) in [6.45, 7) is 1.88. The van der Waals surface area contributed by atoms with Crippen molar-refractivity contribution in [1.82, 2.24) is 10.3 Å². The summed E-state index contributed by atoms with van der Waals surface area (Å²) in [5.41, 5.74) is 1.66. The maximum atomic E-state index is 14.4. The first-order valence-corrected chi connectivity index (χ1v) is 10.8. The Morgan fingerprint density at radius 1 is 1.00 bits per heavy atom. The maximum Gasteiger partial charge on any atom is 0.454 e. The van der Waals surface area contributed by atoms with Gasteiger partial charge in [-0.25, -0.2) is 4.39 Å². The number of amides is 2. The minimum atomic E-state index is -5.17. The second-order valence-corrected chi connectivity index (χ2v) is 8.39. The first-order valence-electron chi connectivity index (χ1n) is 10.8. The van der Waals surface area contributed by atoms with E-state index in [9.17, 15) is 31.9 Å². The lowest BCUT2D eigenvalue weighted by Crippen LogP contribution is -2.22. The zero-order chi connectivity index (χ0) is 25.8. The number of halogens is 4. The van der Waals surface area contributed by atoms with E-state index < -0.39 is 35.3 Å². The number of alkyl halides is 3. The minimum absolute atomic E-state index is 0.126. The Kier molecular flexibility index (Phi) is 5.39. The van der Waals surface area contributed by atoms with Gasteiger partial charge in [0.25, 0.3) is 17.6 Å². The Labute approximate surface area is 201 Å². The summed E-state index contributed by atoms with van der Waals surface area (Å²) in [6, 6.07) is 13.2. The Hall–Kier alpha value is -4.47. The summed E-state index contributed by atoms with van der Waals surface area (Å²) in [5.74, 6) is -4.31. The highest BCUT2D eigenvalue weighted by atomic mass is 19.4. The van der Waals surface area contributed by atoms with Crippen LogP contribution in [0.5, 0.6) is 0 Å². The van der Waals surface area contributed by atoms with Crippen LogP contribution in [0.1, 0.15) is 53.8 Å². The third-order valence-electron chi connectivity index (χ3n) is 6.16. The van der Waals surface area contributed by atoms with Crippen LogP contribution >= 0.6 is 0 Å². The summed E-state index contributed by atoms with van der Waals surface area (Å²) in [6.07, 6.45) is -4.37. The molecule has 0 saturated heterocycles. The van der Waals surface area contributed by atoms with E-state index in [-0.39, 0.29) is 28.1 Å². The van der Waals surface area contributed by atoms with Gasteiger partial charge in [-0.1, -0.05) is 30.3 Å². The Balaban J connectivity index is 1.57. The van der Waals surface area contributed by atoms with Crippen molar-refractivity contribution >= 4 is 34.2 Å². The van der Waals surface area contributed by atoms with Gasteiger partial charge >= 0.3 is 6.18 Å². The first-order chi connectivity index (χ1) is 17.1. The molecule has 36 heavy (non-hydrogen) atoms. The van der Waals surface area contributed by atoms with Crippen molar-refractivity contribution in [3.8, 4) is 0 Å². The van der Waals surface area contributed by atoms with Crippen molar-refractivity contribution in [1.29, 1.82) is 0 Å². The fourth-order valence-electron chi connectivity index (χ4n) is 4.51. The van der Waals surface area contributed by atoms with E-state index in [0.717, 1.165) is 29.5 Å². The van der Waals surface area contributed by atoms with Crippen LogP contribution in [0.25, 0.3) is 10.9 Å². The highest BCUT2D eigenvalue weighted by Crippen LogP contribution is 2.38. The van der Waals surface area contributed by atoms with Crippen LogP contribution in [-0.4, -0.2) is 28.8 Å². The minimum Gasteiger partial charge on any atom is -0.360 e. The number of aromatic amines is 1. The number of rotatable bonds is 4. The summed E-state index contributed by atoms with van der Waals surface area (Å²) in [5, 5.41) is 5.19. The molecule has 0 aliphatic carbocycles. The molecule has 1 aromatic heterocycles. The lowest BCUT2D eigenvalue weighted by atomic mass is 9.93. The van der Waals surface area contributed by atoms with Gasteiger partial charge < -0.3 is 15.6 Å². The standard InChI is InChI=1S/C26H17F4N3O3/c1-12-5-2-3-6-14(12)22-20-15(24(35)33-22)7-4-8-19(20)32-25(36)17-10-13(27)9-16-18(11-31-21(16)17)23(34)26(28,29)30/h2-11,22,31H,1H3,(H,32,36)(H,33,35). The predicted octanol–water partition coefficient (Wildman–Crippen LogP) is 5.45. The average Bonchev–Trinajstić information content (AvgIpc) is 3.39. The third-order valence-corrected chi connectivity index (χ3v) is 6.16. The van der Waals surface area contributed by atoms with E-state index in [1.165, 1.54) is 0 Å². The normalized spacial score (nSPS) is 15.0. The van der Waals surface area contributed by atoms with Crippen LogP contribution in [0.2, 0.25) is 0 Å². The van der Waals surface area contributed by atoms with E-state index in [4.69, 9.17) is 0 Å². The van der Waals surface area contributed by atoms with E-state index in [1.807, 2.05) is 31.2 Å². The molecule has 2 heterocycles. The first kappa shape index (κ1) is 23.3. The summed E-state index contributed by atoms with van der Waals surface area (Å²) < 4.78 is 53.3. The number of Topliss-reactive ketones (excluding diaryl/α,β-unsaturated/α-hetero) is 1. The number of fused-ring (bicyclic) bond motifs is 2. The Bertz CT molecular complexity index is 1570. The number of hydrogen-bond donors (Lipinski definition) is 3. The largest absolute Gasteiger partial charge is 0.454 e. The van der Waals surface area contributed by atoms with Gasteiger partial charge in [0.15, 0.2) is 0 Å². The molecule has 1 atom stereocenters. The van der Waals surface area contributed by atoms with Gasteiger partial charge in [0.1, 0.15) is 5.82 Å². The molecule has 10 heteroatoms. The van der Waals surface area contributed by atoms with Gasteiger partial charge in [-0.3, -0.25) is 14.4 Å². The summed E-state index contributed by atoms with van der Waals surface area (Å²) >= 11 is 0. The monoisotopic (exact) mass is 495 g/mol. The molecule has 182 valence electrons. The third kappa shape index (κ3) is 3.80. The van der Waals surface area contributed by atoms with Crippen molar-refractivity contribution in [2.75, 3.05) is 5.32 Å². The molecule has 3 aromatic carbocycles. The molecule has 4 aromatic rings. The quantitative estimate of drug-likeness (QED) is 0.260. The molecule has 1 aliphatic heterocycles. The number of nitrogens with one attached hydrogen (secondary N) is 3. The van der Waals surface area contributed by atoms with Crippen molar-refractivity contribution in [3.05, 3.63) is 100.0 Å². The van der Waals surface area contributed by atoms with Crippen LogP contribution in [-0.2, 0) is 0 Å². The smallest absolute Gasteiger partial charge is 0.360 e. The number of carbonyl (C=O) groups excluding carboxylic acids is 3. The number of H-pyrrole nitrogens is 1.